The molecule has 1 rings (SSSR count). The second-order valence-corrected chi connectivity index (χ2v) is 5.21. The Morgan fingerprint density at radius 2 is 2.06 bits per heavy atom. The molecule has 0 bridgehead atoms. The van der Waals surface area contributed by atoms with Gasteiger partial charge in [0.2, 0.25) is 0 Å². The van der Waals surface area contributed by atoms with Crippen LogP contribution in [0.1, 0.15) is 25.8 Å². The highest BCUT2D eigenvalue weighted by Crippen LogP contribution is 2.31. The second-order valence-electron chi connectivity index (χ2n) is 4.77. The van der Waals surface area contributed by atoms with Crippen molar-refractivity contribution in [2.45, 2.75) is 26.7 Å². The van der Waals surface area contributed by atoms with Gasteiger partial charge in [0.05, 0.1) is 7.11 Å². The molecule has 0 aliphatic rings. The molecule has 3 heteroatoms. The molecule has 0 aliphatic carbocycles. The lowest BCUT2D eigenvalue weighted by molar-refractivity contribution is 0.210. The van der Waals surface area contributed by atoms with Crippen molar-refractivity contribution in [2.24, 2.45) is 5.41 Å². The number of methoxy groups -OCH3 is 1. The summed E-state index contributed by atoms with van der Waals surface area (Å²) in [6.45, 7) is 4.46. The zero-order valence-corrected chi connectivity index (χ0v) is 10.8. The molecule has 0 radical (unpaired) electrons. The maximum absolute atomic E-state index is 9.00. The van der Waals surface area contributed by atoms with E-state index in [2.05, 4.69) is 13.8 Å². The number of aliphatic hydroxyl groups excluding tert-OH is 1. The summed E-state index contributed by atoms with van der Waals surface area (Å²) < 4.78 is 5.30. The van der Waals surface area contributed by atoms with E-state index in [1.165, 1.54) is 0 Å². The third kappa shape index (κ3) is 3.69. The van der Waals surface area contributed by atoms with E-state index in [0.29, 0.717) is 0 Å². The van der Waals surface area contributed by atoms with Gasteiger partial charge in [0.25, 0.3) is 0 Å². The van der Waals surface area contributed by atoms with Crippen molar-refractivity contribution in [3.05, 3.63) is 28.8 Å². The van der Waals surface area contributed by atoms with Gasteiger partial charge in [-0.15, -0.1) is 0 Å². The number of rotatable bonds is 5. The zero-order chi connectivity index (χ0) is 12.2. The summed E-state index contributed by atoms with van der Waals surface area (Å²) in [6, 6.07) is 5.63. The fourth-order valence-electron chi connectivity index (χ4n) is 1.79. The number of hydrogen-bond donors (Lipinski definition) is 1. The molecule has 1 N–H and O–H groups in total. The van der Waals surface area contributed by atoms with Crippen molar-refractivity contribution in [1.29, 1.82) is 0 Å². The lowest BCUT2D eigenvalue weighted by Crippen LogP contribution is -2.17. The fourth-order valence-corrected chi connectivity index (χ4v) is 1.99. The van der Waals surface area contributed by atoms with Gasteiger partial charge in [-0.05, 0) is 42.0 Å². The largest absolute Gasteiger partial charge is 0.496 e. The molecule has 1 aromatic rings. The summed E-state index contributed by atoms with van der Waals surface area (Å²) >= 11 is 5.97. The highest BCUT2D eigenvalue weighted by molar-refractivity contribution is 6.30. The Morgan fingerprint density at radius 3 is 2.62 bits per heavy atom. The van der Waals surface area contributed by atoms with Crippen LogP contribution in [0, 0.1) is 5.41 Å². The normalized spacial score (nSPS) is 11.6. The minimum atomic E-state index is 0.0483. The number of ether oxygens (including phenoxy) is 1. The van der Waals surface area contributed by atoms with E-state index in [-0.39, 0.29) is 12.0 Å². The summed E-state index contributed by atoms with van der Waals surface area (Å²) in [5.74, 6) is 0.857. The van der Waals surface area contributed by atoms with Gasteiger partial charge in [-0.2, -0.15) is 0 Å². The molecule has 0 aliphatic heterocycles. The highest BCUT2D eigenvalue weighted by Gasteiger charge is 2.20. The molecule has 0 saturated heterocycles. The van der Waals surface area contributed by atoms with Crippen LogP contribution in [-0.4, -0.2) is 18.8 Å². The Labute approximate surface area is 102 Å². The smallest absolute Gasteiger partial charge is 0.122 e. The van der Waals surface area contributed by atoms with Crippen LogP contribution in [0.2, 0.25) is 5.02 Å². The first kappa shape index (κ1) is 13.3. The Hall–Kier alpha value is -0.730. The van der Waals surface area contributed by atoms with Crippen molar-refractivity contribution in [3.63, 3.8) is 0 Å². The fraction of sp³-hybridized carbons (Fsp3) is 0.538. The second kappa shape index (κ2) is 5.55. The number of hydrogen-bond acceptors (Lipinski definition) is 2. The monoisotopic (exact) mass is 242 g/mol. The molecule has 0 spiro atoms. The summed E-state index contributed by atoms with van der Waals surface area (Å²) in [4.78, 5) is 0. The van der Waals surface area contributed by atoms with Gasteiger partial charge in [0, 0.05) is 11.6 Å². The van der Waals surface area contributed by atoms with Gasteiger partial charge < -0.3 is 9.84 Å². The number of aliphatic hydroxyl groups is 1. The van der Waals surface area contributed by atoms with E-state index in [1.807, 2.05) is 18.2 Å². The Bertz CT molecular complexity index is 348. The quantitative estimate of drug-likeness (QED) is 0.859. The Balaban J connectivity index is 2.90. The number of halogens is 1. The van der Waals surface area contributed by atoms with E-state index >= 15 is 0 Å². The van der Waals surface area contributed by atoms with Crippen LogP contribution < -0.4 is 4.74 Å². The molecule has 0 aromatic heterocycles. The topological polar surface area (TPSA) is 29.5 Å². The molecule has 0 unspecified atom stereocenters. The molecule has 16 heavy (non-hydrogen) atoms. The average Bonchev–Trinajstić information content (AvgIpc) is 2.17. The number of benzene rings is 1. The summed E-state index contributed by atoms with van der Waals surface area (Å²) in [5.41, 5.74) is 1.14. The van der Waals surface area contributed by atoms with Gasteiger partial charge in [-0.3, -0.25) is 0 Å². The highest BCUT2D eigenvalue weighted by atomic mass is 35.5. The standard InChI is InChI=1S/C13H19ClO2/c1-13(2,6-7-15)9-10-8-11(14)4-5-12(10)16-3/h4-5,8,15H,6-7,9H2,1-3H3. The van der Waals surface area contributed by atoms with Crippen LogP contribution in [0.4, 0.5) is 0 Å². The third-order valence-corrected chi connectivity index (χ3v) is 2.94. The van der Waals surface area contributed by atoms with Crippen molar-refractivity contribution < 1.29 is 9.84 Å². The van der Waals surface area contributed by atoms with Crippen LogP contribution >= 0.6 is 11.6 Å². The van der Waals surface area contributed by atoms with Gasteiger partial charge in [-0.25, -0.2) is 0 Å². The summed E-state index contributed by atoms with van der Waals surface area (Å²) in [7, 11) is 1.66. The zero-order valence-electron chi connectivity index (χ0n) is 10.1. The van der Waals surface area contributed by atoms with E-state index in [4.69, 9.17) is 21.4 Å². The predicted octanol–water partition coefficient (Wildman–Crippen LogP) is 3.30. The Kier molecular flexibility index (Phi) is 4.63. The molecular weight excluding hydrogens is 224 g/mol. The van der Waals surface area contributed by atoms with Gasteiger partial charge in [-0.1, -0.05) is 25.4 Å². The van der Waals surface area contributed by atoms with Gasteiger partial charge >= 0.3 is 0 Å². The lowest BCUT2D eigenvalue weighted by Gasteiger charge is -2.24. The first-order valence-electron chi connectivity index (χ1n) is 5.42. The van der Waals surface area contributed by atoms with E-state index < -0.39 is 0 Å². The van der Waals surface area contributed by atoms with Crippen LogP contribution in [0.5, 0.6) is 5.75 Å². The van der Waals surface area contributed by atoms with Crippen LogP contribution in [0.25, 0.3) is 0 Å². The predicted molar refractivity (Wildman–Crippen MR) is 67.2 cm³/mol. The summed E-state index contributed by atoms with van der Waals surface area (Å²) in [5, 5.41) is 9.72. The maximum atomic E-state index is 9.00. The first-order valence-corrected chi connectivity index (χ1v) is 5.79. The van der Waals surface area contributed by atoms with Crippen LogP contribution in [0.3, 0.4) is 0 Å². The molecular formula is C13H19ClO2. The lowest BCUT2D eigenvalue weighted by atomic mass is 9.83. The molecule has 0 amide bonds. The van der Waals surface area contributed by atoms with Crippen LogP contribution in [-0.2, 0) is 6.42 Å². The minimum Gasteiger partial charge on any atom is -0.496 e. The molecule has 0 fully saturated rings. The molecule has 0 atom stereocenters. The van der Waals surface area contributed by atoms with Crippen molar-refractivity contribution >= 4 is 11.6 Å². The van der Waals surface area contributed by atoms with Gasteiger partial charge in [0.1, 0.15) is 5.75 Å². The molecule has 0 heterocycles. The van der Waals surface area contributed by atoms with E-state index in [0.717, 1.165) is 29.2 Å². The van der Waals surface area contributed by atoms with Gasteiger partial charge in [0.15, 0.2) is 0 Å². The molecule has 2 nitrogen and oxygen atoms in total. The van der Waals surface area contributed by atoms with Crippen LogP contribution in [0.15, 0.2) is 18.2 Å². The molecule has 90 valence electrons. The van der Waals surface area contributed by atoms with E-state index in [9.17, 15) is 0 Å². The summed E-state index contributed by atoms with van der Waals surface area (Å²) in [6.07, 6.45) is 1.61. The van der Waals surface area contributed by atoms with Crippen molar-refractivity contribution in [1.82, 2.24) is 0 Å². The third-order valence-electron chi connectivity index (χ3n) is 2.70. The average molecular weight is 243 g/mol. The minimum absolute atomic E-state index is 0.0483. The van der Waals surface area contributed by atoms with Crippen molar-refractivity contribution in [2.75, 3.05) is 13.7 Å². The molecule has 1 aromatic carbocycles. The Morgan fingerprint density at radius 1 is 1.38 bits per heavy atom. The van der Waals surface area contributed by atoms with Crippen molar-refractivity contribution in [3.8, 4) is 5.75 Å². The van der Waals surface area contributed by atoms with E-state index in [1.54, 1.807) is 7.11 Å². The molecule has 0 saturated carbocycles. The first-order chi connectivity index (χ1) is 7.48. The SMILES string of the molecule is COc1ccc(Cl)cc1CC(C)(C)CCO. The maximum Gasteiger partial charge on any atom is 0.122 e.